The molecule has 1 aromatic heterocycles. The minimum Gasteiger partial charge on any atom is -0.512 e. The Kier molecular flexibility index (Phi) is 4.81. The number of carbonyl (C=O) groups excluding carboxylic acids is 1. The normalized spacial score (nSPS) is 19.8. The molecule has 5 nitrogen and oxygen atoms in total. The second-order valence-electron chi connectivity index (χ2n) is 6.57. The third-order valence-electron chi connectivity index (χ3n) is 4.03. The molecule has 1 aromatic rings. The van der Waals surface area contributed by atoms with Gasteiger partial charge in [0.2, 0.25) is 0 Å². The number of carbonyl (C=O) groups is 1. The quantitative estimate of drug-likeness (QED) is 0.824. The molecule has 0 saturated carbocycles. The molecule has 0 aromatic carbocycles. The molecule has 0 radical (unpaired) electrons. The Labute approximate surface area is 140 Å². The van der Waals surface area contributed by atoms with E-state index in [0.717, 1.165) is 0 Å². The maximum absolute atomic E-state index is 12.6. The molecule has 3 N–H and O–H groups in total. The predicted octanol–water partition coefficient (Wildman–Crippen LogP) is 2.79. The first-order valence-electron chi connectivity index (χ1n) is 7.31. The first-order chi connectivity index (χ1) is 10.8. The summed E-state index contributed by atoms with van der Waals surface area (Å²) >= 11 is 5.00. The fraction of sp³-hybridized carbons (Fsp3) is 0.412. The molecule has 0 bridgehead atoms. The number of hydrogen-bond acceptors (Lipinski definition) is 5. The van der Waals surface area contributed by atoms with Crippen LogP contribution >= 0.6 is 12.2 Å². The molecule has 1 heterocycles. The van der Waals surface area contributed by atoms with Gasteiger partial charge < -0.3 is 10.8 Å². The van der Waals surface area contributed by atoms with Crippen molar-refractivity contribution in [3.8, 4) is 6.07 Å². The third-order valence-corrected chi connectivity index (χ3v) is 4.28. The highest BCUT2D eigenvalue weighted by Crippen LogP contribution is 2.43. The van der Waals surface area contributed by atoms with Crippen molar-refractivity contribution in [3.63, 3.8) is 0 Å². The zero-order valence-corrected chi connectivity index (χ0v) is 13.9. The molecule has 23 heavy (non-hydrogen) atoms. The molecule has 2 atom stereocenters. The number of pyridine rings is 1. The van der Waals surface area contributed by atoms with Crippen molar-refractivity contribution in [2.45, 2.75) is 32.6 Å². The van der Waals surface area contributed by atoms with E-state index in [1.54, 1.807) is 24.5 Å². The average Bonchev–Trinajstić information content (AvgIpc) is 2.45. The van der Waals surface area contributed by atoms with Crippen LogP contribution in [0.25, 0.3) is 0 Å². The van der Waals surface area contributed by atoms with E-state index < -0.39 is 11.8 Å². The van der Waals surface area contributed by atoms with E-state index in [2.05, 4.69) is 11.1 Å². The SMILES string of the molecule is CC1(C)CC(=O)C([C@@H](c2cccnc2)[C@@H](C#N)C(N)=S)=C(O)C1. The highest BCUT2D eigenvalue weighted by atomic mass is 32.1. The first-order valence-corrected chi connectivity index (χ1v) is 7.72. The zero-order chi connectivity index (χ0) is 17.2. The van der Waals surface area contributed by atoms with Crippen LogP contribution in [-0.2, 0) is 4.79 Å². The van der Waals surface area contributed by atoms with Crippen LogP contribution in [0.2, 0.25) is 0 Å². The summed E-state index contributed by atoms with van der Waals surface area (Å²) in [4.78, 5) is 16.7. The van der Waals surface area contributed by atoms with Crippen LogP contribution in [0.5, 0.6) is 0 Å². The largest absolute Gasteiger partial charge is 0.512 e. The number of ketones is 1. The molecule has 1 aliphatic rings. The van der Waals surface area contributed by atoms with Gasteiger partial charge in [-0.3, -0.25) is 9.78 Å². The summed E-state index contributed by atoms with van der Waals surface area (Å²) in [6.07, 6.45) is 3.85. The molecule has 0 amide bonds. The van der Waals surface area contributed by atoms with Gasteiger partial charge in [0, 0.05) is 36.7 Å². The zero-order valence-electron chi connectivity index (χ0n) is 13.1. The standard InChI is InChI=1S/C17H19N3O2S/c1-17(2)6-12(21)15(13(22)7-17)14(11(8-18)16(19)23)10-4-3-5-20-9-10/h3-5,9,11,14,21H,6-7H2,1-2H3,(H2,19,23)/t11-,14+/m1/s1. The summed E-state index contributed by atoms with van der Waals surface area (Å²) in [6.45, 7) is 3.85. The number of hydrogen-bond donors (Lipinski definition) is 2. The van der Waals surface area contributed by atoms with Crippen LogP contribution in [-0.4, -0.2) is 20.9 Å². The number of aliphatic hydroxyl groups is 1. The minimum absolute atomic E-state index is 0.000660. The van der Waals surface area contributed by atoms with E-state index in [1.165, 1.54) is 0 Å². The van der Waals surface area contributed by atoms with Crippen molar-refractivity contribution in [1.29, 1.82) is 5.26 Å². The molecular weight excluding hydrogens is 310 g/mol. The number of nitriles is 1. The van der Waals surface area contributed by atoms with Crippen molar-refractivity contribution in [2.24, 2.45) is 17.1 Å². The molecule has 0 fully saturated rings. The lowest BCUT2D eigenvalue weighted by molar-refractivity contribution is -0.118. The molecule has 2 rings (SSSR count). The molecule has 6 heteroatoms. The minimum atomic E-state index is -0.878. The summed E-state index contributed by atoms with van der Waals surface area (Å²) in [7, 11) is 0. The number of Topliss-reactive ketones (excluding diaryl/α,β-unsaturated/α-hetero) is 1. The van der Waals surface area contributed by atoms with E-state index in [-0.39, 0.29) is 27.5 Å². The second kappa shape index (κ2) is 6.47. The second-order valence-corrected chi connectivity index (χ2v) is 7.05. The van der Waals surface area contributed by atoms with Crippen LogP contribution in [0.1, 0.15) is 38.2 Å². The van der Waals surface area contributed by atoms with Crippen molar-refractivity contribution >= 4 is 23.0 Å². The number of aliphatic hydroxyl groups excluding tert-OH is 1. The molecule has 0 saturated heterocycles. The fourth-order valence-corrected chi connectivity index (χ4v) is 3.23. The van der Waals surface area contributed by atoms with Gasteiger partial charge in [0.1, 0.15) is 11.7 Å². The maximum Gasteiger partial charge on any atom is 0.163 e. The smallest absolute Gasteiger partial charge is 0.163 e. The van der Waals surface area contributed by atoms with Crippen LogP contribution in [0.3, 0.4) is 0 Å². The topological polar surface area (TPSA) is 100 Å². The van der Waals surface area contributed by atoms with Crippen LogP contribution in [0.15, 0.2) is 35.9 Å². The van der Waals surface area contributed by atoms with Gasteiger partial charge in [0.15, 0.2) is 5.78 Å². The van der Waals surface area contributed by atoms with Gasteiger partial charge in [-0.05, 0) is 17.0 Å². The van der Waals surface area contributed by atoms with Gasteiger partial charge in [-0.2, -0.15) is 5.26 Å². The summed E-state index contributed by atoms with van der Waals surface area (Å²) in [6, 6.07) is 5.54. The lowest BCUT2D eigenvalue weighted by Gasteiger charge is -2.33. The Balaban J connectivity index is 2.61. The Morgan fingerprint density at radius 1 is 1.52 bits per heavy atom. The highest BCUT2D eigenvalue weighted by molar-refractivity contribution is 7.80. The van der Waals surface area contributed by atoms with Gasteiger partial charge in [-0.1, -0.05) is 32.1 Å². The number of rotatable bonds is 4. The Morgan fingerprint density at radius 3 is 2.70 bits per heavy atom. The predicted molar refractivity (Wildman–Crippen MR) is 90.5 cm³/mol. The molecule has 0 spiro atoms. The number of allylic oxidation sites excluding steroid dienone is 2. The van der Waals surface area contributed by atoms with Gasteiger partial charge >= 0.3 is 0 Å². The van der Waals surface area contributed by atoms with E-state index in [4.69, 9.17) is 18.0 Å². The number of nitrogens with two attached hydrogens (primary N) is 1. The van der Waals surface area contributed by atoms with Crippen molar-refractivity contribution in [1.82, 2.24) is 4.98 Å². The summed E-state index contributed by atoms with van der Waals surface area (Å²) in [5, 5.41) is 20.0. The van der Waals surface area contributed by atoms with E-state index in [9.17, 15) is 15.2 Å². The summed E-state index contributed by atoms with van der Waals surface area (Å²) < 4.78 is 0. The monoisotopic (exact) mass is 329 g/mol. The molecule has 1 aliphatic carbocycles. The van der Waals surface area contributed by atoms with E-state index >= 15 is 0 Å². The van der Waals surface area contributed by atoms with Crippen LogP contribution in [0, 0.1) is 22.7 Å². The molecule has 0 aliphatic heterocycles. The van der Waals surface area contributed by atoms with Crippen molar-refractivity contribution in [2.75, 3.05) is 0 Å². The Hall–Kier alpha value is -2.26. The van der Waals surface area contributed by atoms with Crippen molar-refractivity contribution < 1.29 is 9.90 Å². The van der Waals surface area contributed by atoms with Crippen LogP contribution < -0.4 is 5.73 Å². The number of aromatic nitrogens is 1. The highest BCUT2D eigenvalue weighted by Gasteiger charge is 2.40. The summed E-state index contributed by atoms with van der Waals surface area (Å²) in [5.41, 5.74) is 6.27. The van der Waals surface area contributed by atoms with Crippen LogP contribution in [0.4, 0.5) is 0 Å². The average molecular weight is 329 g/mol. The fourth-order valence-electron chi connectivity index (χ4n) is 3.04. The van der Waals surface area contributed by atoms with E-state index in [1.807, 2.05) is 13.8 Å². The molecule has 0 unspecified atom stereocenters. The van der Waals surface area contributed by atoms with Gasteiger partial charge in [0.25, 0.3) is 0 Å². The third kappa shape index (κ3) is 3.57. The first kappa shape index (κ1) is 17.1. The van der Waals surface area contributed by atoms with E-state index in [0.29, 0.717) is 18.4 Å². The molecular formula is C17H19N3O2S. The number of nitrogens with zero attached hydrogens (tertiary/aromatic N) is 2. The number of thiocarbonyl (C=S) groups is 1. The maximum atomic E-state index is 12.6. The Morgan fingerprint density at radius 2 is 2.22 bits per heavy atom. The van der Waals surface area contributed by atoms with Crippen molar-refractivity contribution in [3.05, 3.63) is 41.4 Å². The van der Waals surface area contributed by atoms with Gasteiger partial charge in [0.05, 0.1) is 11.1 Å². The van der Waals surface area contributed by atoms with Gasteiger partial charge in [-0.25, -0.2) is 0 Å². The van der Waals surface area contributed by atoms with Gasteiger partial charge in [-0.15, -0.1) is 0 Å². The summed E-state index contributed by atoms with van der Waals surface area (Å²) in [5.74, 6) is -1.74. The Bertz CT molecular complexity index is 704. The lowest BCUT2D eigenvalue weighted by atomic mass is 9.70. The lowest BCUT2D eigenvalue weighted by Crippen LogP contribution is -2.34. The molecule has 120 valence electrons.